The van der Waals surface area contributed by atoms with Gasteiger partial charge in [-0.05, 0) is 36.4 Å². The fourth-order valence-electron chi connectivity index (χ4n) is 1.37. The monoisotopic (exact) mass is 284 g/mol. The Balaban J connectivity index is 2.11. The van der Waals surface area contributed by atoms with E-state index in [4.69, 9.17) is 5.11 Å². The van der Waals surface area contributed by atoms with Gasteiger partial charge in [-0.3, -0.25) is 4.21 Å². The van der Waals surface area contributed by atoms with Crippen LogP contribution in [-0.4, -0.2) is 15.3 Å². The highest BCUT2D eigenvalue weighted by atomic mass is 32.2. The van der Waals surface area contributed by atoms with Crippen molar-refractivity contribution in [1.82, 2.24) is 0 Å². The van der Waals surface area contributed by atoms with Gasteiger partial charge in [-0.15, -0.1) is 11.3 Å². The van der Waals surface area contributed by atoms with Crippen molar-refractivity contribution in [2.45, 2.75) is 10.6 Å². The summed E-state index contributed by atoms with van der Waals surface area (Å²) in [4.78, 5) is 12.2. The van der Waals surface area contributed by atoms with Gasteiger partial charge in [0.15, 0.2) is 0 Å². The van der Waals surface area contributed by atoms with Crippen molar-refractivity contribution in [3.63, 3.8) is 0 Å². The number of hydrogen-bond acceptors (Lipinski definition) is 3. The molecule has 18 heavy (non-hydrogen) atoms. The Morgan fingerprint density at radius 3 is 2.44 bits per heavy atom. The number of halogens is 1. The molecule has 1 heterocycles. The van der Waals surface area contributed by atoms with E-state index in [2.05, 4.69) is 0 Å². The Hall–Kier alpha value is -1.53. The van der Waals surface area contributed by atoms with Crippen LogP contribution in [-0.2, 0) is 16.6 Å². The molecule has 0 aliphatic rings. The van der Waals surface area contributed by atoms with Crippen LogP contribution >= 0.6 is 11.3 Å². The normalized spacial score (nSPS) is 12.3. The summed E-state index contributed by atoms with van der Waals surface area (Å²) in [5.74, 6) is -1.12. The van der Waals surface area contributed by atoms with Crippen LogP contribution in [0.4, 0.5) is 4.39 Å². The summed E-state index contributed by atoms with van der Waals surface area (Å²) in [6, 6.07) is 8.59. The summed E-state index contributed by atoms with van der Waals surface area (Å²) in [5, 5.41) is 8.77. The molecule has 0 aliphatic carbocycles. The molecule has 0 spiro atoms. The number of rotatable bonds is 4. The minimum absolute atomic E-state index is 0.223. The molecule has 0 saturated carbocycles. The first-order chi connectivity index (χ1) is 8.56. The molecule has 1 aromatic carbocycles. The molecule has 2 aromatic rings. The van der Waals surface area contributed by atoms with Crippen LogP contribution in [0.15, 0.2) is 41.3 Å². The van der Waals surface area contributed by atoms with Crippen LogP contribution in [0.2, 0.25) is 0 Å². The van der Waals surface area contributed by atoms with Crippen LogP contribution in [0.1, 0.15) is 14.5 Å². The quantitative estimate of drug-likeness (QED) is 0.939. The standard InChI is InChI=1S/C12H9FO3S2/c13-8-1-4-10(5-2-8)18(16)7-9-3-6-11(17-9)12(14)15/h1-6H,7H2,(H,14,15). The molecular weight excluding hydrogens is 275 g/mol. The number of carboxylic acids is 1. The van der Waals surface area contributed by atoms with Crippen molar-refractivity contribution >= 4 is 28.1 Å². The topological polar surface area (TPSA) is 54.4 Å². The lowest BCUT2D eigenvalue weighted by Crippen LogP contribution is -1.94. The summed E-state index contributed by atoms with van der Waals surface area (Å²) >= 11 is 1.10. The van der Waals surface area contributed by atoms with Crippen molar-refractivity contribution in [1.29, 1.82) is 0 Å². The summed E-state index contributed by atoms with van der Waals surface area (Å²) in [6.07, 6.45) is 0. The van der Waals surface area contributed by atoms with Crippen molar-refractivity contribution < 1.29 is 18.5 Å². The molecule has 1 atom stereocenters. The average molecular weight is 284 g/mol. The molecule has 1 N–H and O–H groups in total. The van der Waals surface area contributed by atoms with Crippen LogP contribution in [0.5, 0.6) is 0 Å². The van der Waals surface area contributed by atoms with Crippen LogP contribution in [0.25, 0.3) is 0 Å². The van der Waals surface area contributed by atoms with Gasteiger partial charge in [0.1, 0.15) is 10.7 Å². The van der Waals surface area contributed by atoms with E-state index in [0.29, 0.717) is 4.90 Å². The zero-order valence-electron chi connectivity index (χ0n) is 9.13. The van der Waals surface area contributed by atoms with Gasteiger partial charge < -0.3 is 5.11 Å². The van der Waals surface area contributed by atoms with Crippen molar-refractivity contribution in [3.8, 4) is 0 Å². The minimum atomic E-state index is -1.29. The maximum absolute atomic E-state index is 12.7. The van der Waals surface area contributed by atoms with E-state index in [-0.39, 0.29) is 16.4 Å². The molecule has 1 aromatic heterocycles. The highest BCUT2D eigenvalue weighted by Crippen LogP contribution is 2.20. The largest absolute Gasteiger partial charge is 0.477 e. The van der Waals surface area contributed by atoms with E-state index < -0.39 is 16.8 Å². The summed E-state index contributed by atoms with van der Waals surface area (Å²) < 4.78 is 24.7. The molecule has 2 rings (SSSR count). The first-order valence-corrected chi connectivity index (χ1v) is 7.16. The predicted octanol–water partition coefficient (Wildman–Crippen LogP) is 2.89. The third kappa shape index (κ3) is 3.02. The Labute approximate surface area is 109 Å². The molecule has 3 nitrogen and oxygen atoms in total. The molecule has 6 heteroatoms. The van der Waals surface area contributed by atoms with Crippen LogP contribution < -0.4 is 0 Å². The SMILES string of the molecule is O=C(O)c1ccc(CS(=O)c2ccc(F)cc2)s1. The lowest BCUT2D eigenvalue weighted by molar-refractivity contribution is 0.0702. The minimum Gasteiger partial charge on any atom is -0.477 e. The van der Waals surface area contributed by atoms with Gasteiger partial charge in [0.2, 0.25) is 0 Å². The van der Waals surface area contributed by atoms with E-state index in [1.807, 2.05) is 0 Å². The second kappa shape index (κ2) is 5.41. The zero-order chi connectivity index (χ0) is 13.1. The Bertz CT molecular complexity index is 590. The predicted molar refractivity (Wildman–Crippen MR) is 67.8 cm³/mol. The highest BCUT2D eigenvalue weighted by Gasteiger charge is 2.10. The number of hydrogen-bond donors (Lipinski definition) is 1. The smallest absolute Gasteiger partial charge is 0.345 e. The Kier molecular flexibility index (Phi) is 3.88. The first-order valence-electron chi connectivity index (χ1n) is 5.02. The van der Waals surface area contributed by atoms with Gasteiger partial charge in [-0.1, -0.05) is 0 Å². The summed E-state index contributed by atoms with van der Waals surface area (Å²) in [6.45, 7) is 0. The molecular formula is C12H9FO3S2. The number of benzene rings is 1. The first kappa shape index (κ1) is 12.9. The van der Waals surface area contributed by atoms with Crippen LogP contribution in [0, 0.1) is 5.82 Å². The lowest BCUT2D eigenvalue weighted by atomic mass is 10.4. The maximum Gasteiger partial charge on any atom is 0.345 e. The third-order valence-electron chi connectivity index (χ3n) is 2.22. The fraction of sp³-hybridized carbons (Fsp3) is 0.0833. The van der Waals surface area contributed by atoms with Gasteiger partial charge in [-0.2, -0.15) is 0 Å². The van der Waals surface area contributed by atoms with Crippen molar-refractivity contribution in [2.24, 2.45) is 0 Å². The second-order valence-corrected chi connectivity index (χ2v) is 6.13. The van der Waals surface area contributed by atoms with E-state index in [0.717, 1.165) is 16.2 Å². The summed E-state index contributed by atoms with van der Waals surface area (Å²) in [5.41, 5.74) is 0. The average Bonchev–Trinajstić information content (AvgIpc) is 2.78. The zero-order valence-corrected chi connectivity index (χ0v) is 10.8. The van der Waals surface area contributed by atoms with Crippen LogP contribution in [0.3, 0.4) is 0 Å². The molecule has 0 radical (unpaired) electrons. The number of carbonyl (C=O) groups is 1. The molecule has 0 fully saturated rings. The van der Waals surface area contributed by atoms with Crippen molar-refractivity contribution in [2.75, 3.05) is 0 Å². The van der Waals surface area contributed by atoms with E-state index in [1.165, 1.54) is 30.3 Å². The second-order valence-electron chi connectivity index (χ2n) is 3.51. The maximum atomic E-state index is 12.7. The number of thiophene rings is 1. The Morgan fingerprint density at radius 1 is 1.22 bits per heavy atom. The highest BCUT2D eigenvalue weighted by molar-refractivity contribution is 7.84. The van der Waals surface area contributed by atoms with Gasteiger partial charge in [0.05, 0.1) is 16.6 Å². The molecule has 94 valence electrons. The molecule has 1 unspecified atom stereocenters. The van der Waals surface area contributed by atoms with E-state index in [1.54, 1.807) is 6.07 Å². The van der Waals surface area contributed by atoms with Gasteiger partial charge >= 0.3 is 5.97 Å². The summed E-state index contributed by atoms with van der Waals surface area (Å²) in [7, 11) is -1.29. The number of carboxylic acid groups (broad SMARTS) is 1. The van der Waals surface area contributed by atoms with Crippen molar-refractivity contribution in [3.05, 3.63) is 52.0 Å². The van der Waals surface area contributed by atoms with Gasteiger partial charge in [-0.25, -0.2) is 9.18 Å². The number of aromatic carboxylic acids is 1. The molecule has 0 aliphatic heterocycles. The lowest BCUT2D eigenvalue weighted by Gasteiger charge is -2.00. The molecule has 0 bridgehead atoms. The van der Waals surface area contributed by atoms with Gasteiger partial charge in [0.25, 0.3) is 0 Å². The van der Waals surface area contributed by atoms with E-state index in [9.17, 15) is 13.4 Å². The fourth-order valence-corrected chi connectivity index (χ4v) is 3.53. The molecule has 0 saturated heterocycles. The van der Waals surface area contributed by atoms with Gasteiger partial charge in [0, 0.05) is 9.77 Å². The van der Waals surface area contributed by atoms with E-state index >= 15 is 0 Å². The Morgan fingerprint density at radius 2 is 1.89 bits per heavy atom. The third-order valence-corrected chi connectivity index (χ3v) is 4.85. The molecule has 0 amide bonds.